The highest BCUT2D eigenvalue weighted by atomic mass is 127. The van der Waals surface area contributed by atoms with Gasteiger partial charge in [-0.05, 0) is 63.1 Å². The van der Waals surface area contributed by atoms with Gasteiger partial charge in [0.1, 0.15) is 5.15 Å². The zero-order chi connectivity index (χ0) is 13.3. The summed E-state index contributed by atoms with van der Waals surface area (Å²) in [5.74, 6) is 0.612. The second kappa shape index (κ2) is 6.03. The van der Waals surface area contributed by atoms with Gasteiger partial charge in [0.25, 0.3) is 0 Å². The number of benzene rings is 1. The van der Waals surface area contributed by atoms with E-state index in [0.29, 0.717) is 16.0 Å². The minimum absolute atomic E-state index is 0.485. The topological polar surface area (TPSA) is 25.8 Å². The molecule has 0 unspecified atom stereocenters. The second-order valence-electron chi connectivity index (χ2n) is 3.58. The van der Waals surface area contributed by atoms with Crippen LogP contribution >= 0.6 is 61.7 Å². The van der Waals surface area contributed by atoms with Crippen LogP contribution in [-0.2, 0) is 6.42 Å². The average Bonchev–Trinajstić information content (AvgIpc) is 2.32. The summed E-state index contributed by atoms with van der Waals surface area (Å²) in [6, 6.07) is 5.50. The van der Waals surface area contributed by atoms with Gasteiger partial charge in [-0.2, -0.15) is 0 Å². The smallest absolute Gasteiger partial charge is 0.162 e. The molecule has 0 radical (unpaired) electrons. The van der Waals surface area contributed by atoms with Crippen LogP contribution in [-0.4, -0.2) is 9.97 Å². The lowest BCUT2D eigenvalue weighted by molar-refractivity contribution is 0.988. The fourth-order valence-electron chi connectivity index (χ4n) is 1.49. The molecule has 0 aliphatic rings. The number of nitrogens with zero attached hydrogens (tertiary/aromatic N) is 2. The summed E-state index contributed by atoms with van der Waals surface area (Å²) >= 11 is 17.7. The predicted octanol–water partition coefficient (Wildman–Crippen LogP) is 5.38. The molecule has 0 aliphatic heterocycles. The zero-order valence-corrected chi connectivity index (χ0v) is 14.6. The maximum absolute atomic E-state index is 6.13. The molecule has 18 heavy (non-hydrogen) atoms. The predicted molar refractivity (Wildman–Crippen MR) is 87.3 cm³/mol. The first-order valence-electron chi connectivity index (χ1n) is 5.20. The summed E-state index contributed by atoms with van der Waals surface area (Å²) in [5, 5.41) is 1.15. The molecule has 0 fully saturated rings. The Bertz CT molecular complexity index is 605. The number of aromatic nitrogens is 2. The normalized spacial score (nSPS) is 10.7. The first-order chi connectivity index (χ1) is 8.52. The Morgan fingerprint density at radius 1 is 1.28 bits per heavy atom. The highest BCUT2D eigenvalue weighted by Gasteiger charge is 2.13. The molecule has 0 atom stereocenters. The maximum atomic E-state index is 6.13. The van der Waals surface area contributed by atoms with E-state index in [1.165, 1.54) is 0 Å². The van der Waals surface area contributed by atoms with Gasteiger partial charge in [0, 0.05) is 15.1 Å². The number of aryl methyl sites for hydroxylation is 1. The van der Waals surface area contributed by atoms with Crippen molar-refractivity contribution in [1.82, 2.24) is 9.97 Å². The zero-order valence-electron chi connectivity index (χ0n) is 9.35. The van der Waals surface area contributed by atoms with Crippen LogP contribution in [0.1, 0.15) is 12.6 Å². The molecule has 0 amide bonds. The molecule has 1 aromatic carbocycles. The molecule has 0 N–H and O–H groups in total. The van der Waals surface area contributed by atoms with Crippen LogP contribution in [0.4, 0.5) is 0 Å². The maximum Gasteiger partial charge on any atom is 0.162 e. The number of rotatable bonds is 2. The Balaban J connectivity index is 2.60. The minimum Gasteiger partial charge on any atom is -0.232 e. The van der Waals surface area contributed by atoms with Crippen molar-refractivity contribution in [1.29, 1.82) is 0 Å². The molecule has 1 aromatic heterocycles. The van der Waals surface area contributed by atoms with Gasteiger partial charge in [-0.3, -0.25) is 0 Å². The average molecular weight is 458 g/mol. The van der Waals surface area contributed by atoms with Crippen LogP contribution in [0.2, 0.25) is 10.2 Å². The lowest BCUT2D eigenvalue weighted by Gasteiger charge is -2.08. The standard InChI is InChI=1S/C12H8BrCl2IN2/c1-2-9-10(16)11(15)18-12(17-9)7-4-3-6(14)5-8(7)13/h3-5H,2H2,1H3. The van der Waals surface area contributed by atoms with Crippen molar-refractivity contribution in [3.63, 3.8) is 0 Å². The van der Waals surface area contributed by atoms with Gasteiger partial charge in [0.2, 0.25) is 0 Å². The van der Waals surface area contributed by atoms with Crippen molar-refractivity contribution in [2.24, 2.45) is 0 Å². The van der Waals surface area contributed by atoms with E-state index in [9.17, 15) is 0 Å². The first-order valence-corrected chi connectivity index (χ1v) is 7.83. The fraction of sp³-hybridized carbons (Fsp3) is 0.167. The lowest BCUT2D eigenvalue weighted by atomic mass is 10.2. The Kier molecular flexibility index (Phi) is 4.86. The Morgan fingerprint density at radius 2 is 2.00 bits per heavy atom. The summed E-state index contributed by atoms with van der Waals surface area (Å²) in [4.78, 5) is 8.85. The van der Waals surface area contributed by atoms with Gasteiger partial charge in [0.05, 0.1) is 9.26 Å². The highest BCUT2D eigenvalue weighted by Crippen LogP contribution is 2.30. The molecule has 94 valence electrons. The third-order valence-corrected chi connectivity index (χ3v) is 5.00. The van der Waals surface area contributed by atoms with E-state index in [4.69, 9.17) is 23.2 Å². The number of halogens is 4. The van der Waals surface area contributed by atoms with Gasteiger partial charge in [-0.1, -0.05) is 30.1 Å². The van der Waals surface area contributed by atoms with Crippen molar-refractivity contribution >= 4 is 61.7 Å². The molecule has 0 aliphatic carbocycles. The van der Waals surface area contributed by atoms with E-state index in [-0.39, 0.29) is 0 Å². The third kappa shape index (κ3) is 2.98. The van der Waals surface area contributed by atoms with E-state index in [1.54, 1.807) is 0 Å². The van der Waals surface area contributed by atoms with Crippen molar-refractivity contribution < 1.29 is 0 Å². The van der Waals surface area contributed by atoms with Crippen LogP contribution in [0.15, 0.2) is 22.7 Å². The van der Waals surface area contributed by atoms with Crippen molar-refractivity contribution in [3.8, 4) is 11.4 Å². The summed E-state index contributed by atoms with van der Waals surface area (Å²) in [5.41, 5.74) is 1.83. The van der Waals surface area contributed by atoms with E-state index in [2.05, 4.69) is 48.5 Å². The van der Waals surface area contributed by atoms with Crippen molar-refractivity contribution in [2.45, 2.75) is 13.3 Å². The number of hydrogen-bond donors (Lipinski definition) is 0. The van der Waals surface area contributed by atoms with Crippen molar-refractivity contribution in [2.75, 3.05) is 0 Å². The molecule has 6 heteroatoms. The Labute approximate surface area is 137 Å². The van der Waals surface area contributed by atoms with Gasteiger partial charge < -0.3 is 0 Å². The molecule has 0 saturated heterocycles. The molecular formula is C12H8BrCl2IN2. The molecular weight excluding hydrogens is 450 g/mol. The van der Waals surface area contributed by atoms with E-state index in [0.717, 1.165) is 25.7 Å². The molecule has 1 heterocycles. The van der Waals surface area contributed by atoms with Crippen molar-refractivity contribution in [3.05, 3.63) is 42.1 Å². The van der Waals surface area contributed by atoms with Crippen LogP contribution in [0.25, 0.3) is 11.4 Å². The molecule has 0 spiro atoms. The summed E-state index contributed by atoms with van der Waals surface area (Å²) in [7, 11) is 0. The SMILES string of the molecule is CCc1nc(-c2ccc(Cl)cc2Br)nc(Cl)c1I. The van der Waals surface area contributed by atoms with Crippen LogP contribution in [0, 0.1) is 3.57 Å². The lowest BCUT2D eigenvalue weighted by Crippen LogP contribution is -2.00. The molecule has 2 rings (SSSR count). The van der Waals surface area contributed by atoms with Gasteiger partial charge in [-0.25, -0.2) is 9.97 Å². The highest BCUT2D eigenvalue weighted by molar-refractivity contribution is 14.1. The summed E-state index contributed by atoms with van der Waals surface area (Å²) < 4.78 is 1.76. The van der Waals surface area contributed by atoms with Crippen LogP contribution in [0.3, 0.4) is 0 Å². The first kappa shape index (κ1) is 14.5. The molecule has 0 saturated carbocycles. The third-order valence-electron chi connectivity index (χ3n) is 2.39. The largest absolute Gasteiger partial charge is 0.232 e. The van der Waals surface area contributed by atoms with Gasteiger partial charge in [0.15, 0.2) is 5.82 Å². The fourth-order valence-corrected chi connectivity index (χ4v) is 3.16. The Hall–Kier alpha value is 0.0900. The van der Waals surface area contributed by atoms with Crippen LogP contribution < -0.4 is 0 Å². The quantitative estimate of drug-likeness (QED) is 0.447. The van der Waals surface area contributed by atoms with E-state index < -0.39 is 0 Å². The van der Waals surface area contributed by atoms with Crippen LogP contribution in [0.5, 0.6) is 0 Å². The minimum atomic E-state index is 0.485. The van der Waals surface area contributed by atoms with Gasteiger partial charge in [-0.15, -0.1) is 0 Å². The van der Waals surface area contributed by atoms with E-state index >= 15 is 0 Å². The molecule has 2 nitrogen and oxygen atoms in total. The number of hydrogen-bond acceptors (Lipinski definition) is 2. The van der Waals surface area contributed by atoms with Gasteiger partial charge >= 0.3 is 0 Å². The Morgan fingerprint density at radius 3 is 2.61 bits per heavy atom. The molecule has 2 aromatic rings. The summed E-state index contributed by atoms with van der Waals surface area (Å²) in [6.45, 7) is 2.04. The monoisotopic (exact) mass is 456 g/mol. The summed E-state index contributed by atoms with van der Waals surface area (Å²) in [6.07, 6.45) is 0.818. The molecule has 0 bridgehead atoms. The second-order valence-corrected chi connectivity index (χ2v) is 6.30. The van der Waals surface area contributed by atoms with E-state index in [1.807, 2.05) is 25.1 Å².